The van der Waals surface area contributed by atoms with Gasteiger partial charge >= 0.3 is 0 Å². The minimum Gasteiger partial charge on any atom is -0.394 e. The summed E-state index contributed by atoms with van der Waals surface area (Å²) in [5.41, 5.74) is 6.35. The first kappa shape index (κ1) is 16.2. The van der Waals surface area contributed by atoms with Crippen molar-refractivity contribution >= 4 is 0 Å². The van der Waals surface area contributed by atoms with Gasteiger partial charge in [-0.05, 0) is 43.9 Å². The number of aliphatic hydroxyl groups excluding tert-OH is 1. The van der Waals surface area contributed by atoms with Gasteiger partial charge in [-0.15, -0.1) is 0 Å². The maximum Gasteiger partial charge on any atom is 0.0936 e. The largest absolute Gasteiger partial charge is 0.394 e. The molecule has 3 N–H and O–H groups in total. The van der Waals surface area contributed by atoms with E-state index >= 15 is 0 Å². The van der Waals surface area contributed by atoms with Gasteiger partial charge in [0.15, 0.2) is 0 Å². The Morgan fingerprint density at radius 3 is 2.70 bits per heavy atom. The molecule has 0 spiro atoms. The van der Waals surface area contributed by atoms with Crippen molar-refractivity contribution in [1.82, 2.24) is 4.90 Å². The molecule has 4 nitrogen and oxygen atoms in total. The van der Waals surface area contributed by atoms with Crippen LogP contribution in [-0.2, 0) is 4.74 Å². The Kier molecular flexibility index (Phi) is 5.84. The van der Waals surface area contributed by atoms with E-state index in [1.54, 1.807) is 0 Å². The van der Waals surface area contributed by atoms with Crippen LogP contribution in [0, 0.1) is 17.8 Å². The summed E-state index contributed by atoms with van der Waals surface area (Å²) in [4.78, 5) is 2.45. The van der Waals surface area contributed by atoms with Crippen LogP contribution in [0.25, 0.3) is 0 Å². The molecule has 0 aromatic rings. The average molecular weight is 284 g/mol. The highest BCUT2D eigenvalue weighted by Gasteiger charge is 2.33. The van der Waals surface area contributed by atoms with Crippen molar-refractivity contribution in [1.29, 1.82) is 0 Å². The van der Waals surface area contributed by atoms with Crippen molar-refractivity contribution in [3.05, 3.63) is 0 Å². The maximum absolute atomic E-state index is 9.32. The lowest BCUT2D eigenvalue weighted by Gasteiger charge is -2.42. The molecule has 4 heteroatoms. The van der Waals surface area contributed by atoms with E-state index in [0.717, 1.165) is 37.9 Å². The summed E-state index contributed by atoms with van der Waals surface area (Å²) in [6.45, 7) is 9.74. The fourth-order valence-electron chi connectivity index (χ4n) is 3.86. The fourth-order valence-corrected chi connectivity index (χ4v) is 3.86. The summed E-state index contributed by atoms with van der Waals surface area (Å²) < 4.78 is 5.72. The molecular weight excluding hydrogens is 252 g/mol. The van der Waals surface area contributed by atoms with Gasteiger partial charge in [0, 0.05) is 25.7 Å². The zero-order valence-electron chi connectivity index (χ0n) is 13.3. The van der Waals surface area contributed by atoms with Crippen LogP contribution in [0.15, 0.2) is 0 Å². The predicted octanol–water partition coefficient (Wildman–Crippen LogP) is 1.47. The molecule has 118 valence electrons. The van der Waals surface area contributed by atoms with Crippen molar-refractivity contribution in [3.63, 3.8) is 0 Å². The van der Waals surface area contributed by atoms with E-state index in [1.807, 2.05) is 0 Å². The zero-order valence-corrected chi connectivity index (χ0v) is 13.3. The van der Waals surface area contributed by atoms with E-state index in [-0.39, 0.29) is 18.8 Å². The van der Waals surface area contributed by atoms with Gasteiger partial charge in [0.25, 0.3) is 0 Å². The summed E-state index contributed by atoms with van der Waals surface area (Å²) in [5.74, 6) is 2.19. The normalized spacial score (nSPS) is 40.2. The molecule has 2 aliphatic rings. The van der Waals surface area contributed by atoms with Crippen molar-refractivity contribution in [3.8, 4) is 0 Å². The molecule has 1 aliphatic carbocycles. The summed E-state index contributed by atoms with van der Waals surface area (Å²) in [6.07, 6.45) is 3.89. The second-order valence-corrected chi connectivity index (χ2v) is 7.21. The summed E-state index contributed by atoms with van der Waals surface area (Å²) >= 11 is 0. The Balaban J connectivity index is 1.90. The van der Waals surface area contributed by atoms with Gasteiger partial charge in [0.2, 0.25) is 0 Å². The minimum atomic E-state index is -0.0283. The molecule has 1 saturated heterocycles. The molecule has 0 radical (unpaired) electrons. The molecule has 0 aromatic carbocycles. The molecule has 2 fully saturated rings. The van der Waals surface area contributed by atoms with Gasteiger partial charge in [-0.25, -0.2) is 0 Å². The molecule has 5 unspecified atom stereocenters. The summed E-state index contributed by atoms with van der Waals surface area (Å²) in [6, 6.07) is 0.343. The first-order valence-corrected chi connectivity index (χ1v) is 8.23. The lowest BCUT2D eigenvalue weighted by atomic mass is 9.73. The molecule has 0 bridgehead atoms. The predicted molar refractivity (Wildman–Crippen MR) is 81.5 cm³/mol. The molecule has 1 heterocycles. The maximum atomic E-state index is 9.32. The van der Waals surface area contributed by atoms with E-state index in [0.29, 0.717) is 12.0 Å². The third kappa shape index (κ3) is 4.17. The zero-order chi connectivity index (χ0) is 14.7. The second-order valence-electron chi connectivity index (χ2n) is 7.21. The van der Waals surface area contributed by atoms with E-state index < -0.39 is 0 Å². The molecule has 20 heavy (non-hydrogen) atoms. The van der Waals surface area contributed by atoms with E-state index in [9.17, 15) is 5.11 Å². The standard InChI is InChI=1S/C16H32N2O2/c1-11(2)13-4-5-16(17)14(6-13)8-18-7-12(3)20-15(9-18)10-19/h11-16,19H,4-10,17H2,1-3H3. The molecule has 1 saturated carbocycles. The number of morpholine rings is 1. The Morgan fingerprint density at radius 2 is 2.05 bits per heavy atom. The van der Waals surface area contributed by atoms with Crippen LogP contribution >= 0.6 is 0 Å². The molecule has 0 aromatic heterocycles. The van der Waals surface area contributed by atoms with Gasteiger partial charge in [0.05, 0.1) is 18.8 Å². The summed E-state index contributed by atoms with van der Waals surface area (Å²) in [7, 11) is 0. The minimum absolute atomic E-state index is 0.0283. The Labute approximate surface area is 123 Å². The summed E-state index contributed by atoms with van der Waals surface area (Å²) in [5, 5.41) is 9.32. The fraction of sp³-hybridized carbons (Fsp3) is 1.00. The van der Waals surface area contributed by atoms with E-state index in [2.05, 4.69) is 25.7 Å². The monoisotopic (exact) mass is 284 g/mol. The molecule has 1 aliphatic heterocycles. The number of nitrogens with two attached hydrogens (primary N) is 1. The van der Waals surface area contributed by atoms with E-state index in [1.165, 1.54) is 12.8 Å². The smallest absolute Gasteiger partial charge is 0.0936 e. The van der Waals surface area contributed by atoms with Crippen LogP contribution in [0.3, 0.4) is 0 Å². The number of nitrogens with zero attached hydrogens (tertiary/aromatic N) is 1. The number of hydrogen-bond acceptors (Lipinski definition) is 4. The molecular formula is C16H32N2O2. The van der Waals surface area contributed by atoms with Gasteiger partial charge in [-0.3, -0.25) is 4.90 Å². The van der Waals surface area contributed by atoms with Crippen LogP contribution < -0.4 is 5.73 Å². The quantitative estimate of drug-likeness (QED) is 0.821. The van der Waals surface area contributed by atoms with Crippen LogP contribution in [-0.4, -0.2) is 54.5 Å². The van der Waals surface area contributed by atoms with Crippen LogP contribution in [0.1, 0.15) is 40.0 Å². The van der Waals surface area contributed by atoms with Crippen molar-refractivity contribution in [2.45, 2.75) is 58.3 Å². The van der Waals surface area contributed by atoms with Crippen molar-refractivity contribution in [2.75, 3.05) is 26.2 Å². The van der Waals surface area contributed by atoms with Crippen LogP contribution in [0.4, 0.5) is 0 Å². The third-order valence-corrected chi connectivity index (χ3v) is 5.12. The highest BCUT2D eigenvalue weighted by molar-refractivity contribution is 4.87. The highest BCUT2D eigenvalue weighted by Crippen LogP contribution is 2.33. The van der Waals surface area contributed by atoms with Gasteiger partial charge in [0.1, 0.15) is 0 Å². The first-order chi connectivity index (χ1) is 9.49. The van der Waals surface area contributed by atoms with Crippen molar-refractivity contribution < 1.29 is 9.84 Å². The molecule has 5 atom stereocenters. The van der Waals surface area contributed by atoms with E-state index in [4.69, 9.17) is 10.5 Å². The van der Waals surface area contributed by atoms with Gasteiger partial charge < -0.3 is 15.6 Å². The topological polar surface area (TPSA) is 58.7 Å². The lowest BCUT2D eigenvalue weighted by molar-refractivity contribution is -0.0997. The van der Waals surface area contributed by atoms with Crippen LogP contribution in [0.2, 0.25) is 0 Å². The third-order valence-electron chi connectivity index (χ3n) is 5.12. The molecule has 0 amide bonds. The lowest BCUT2D eigenvalue weighted by Crippen LogP contribution is -2.52. The van der Waals surface area contributed by atoms with Gasteiger partial charge in [-0.1, -0.05) is 13.8 Å². The average Bonchev–Trinajstić information content (AvgIpc) is 2.40. The Hall–Kier alpha value is -0.160. The number of aliphatic hydroxyl groups is 1. The Morgan fingerprint density at radius 1 is 1.30 bits per heavy atom. The number of rotatable bonds is 4. The van der Waals surface area contributed by atoms with Crippen molar-refractivity contribution in [2.24, 2.45) is 23.5 Å². The second kappa shape index (κ2) is 7.21. The van der Waals surface area contributed by atoms with Gasteiger partial charge in [-0.2, -0.15) is 0 Å². The molecule has 2 rings (SSSR count). The number of hydrogen-bond donors (Lipinski definition) is 2. The highest BCUT2D eigenvalue weighted by atomic mass is 16.5. The SMILES string of the molecule is CC1CN(CC2CC(C(C)C)CCC2N)CC(CO)O1. The first-order valence-electron chi connectivity index (χ1n) is 8.23. The van der Waals surface area contributed by atoms with Crippen LogP contribution in [0.5, 0.6) is 0 Å². The Bertz CT molecular complexity index is 298. The number of ether oxygens (including phenoxy) is 1.